The zero-order chi connectivity index (χ0) is 13.1. The largest absolute Gasteiger partial charge is 0.361 e. The molecule has 1 amide bonds. The standard InChI is InChI=1S/C13H16N2O3/c1-9(2)11-12(13(16)15(11)14-17)18-8-10-6-4-3-5-7-10/h3-7,9,11-12H,8H2,1-2H3. The Labute approximate surface area is 106 Å². The number of benzene rings is 1. The molecule has 1 aliphatic heterocycles. The Balaban J connectivity index is 1.97. The van der Waals surface area contributed by atoms with Crippen molar-refractivity contribution >= 4 is 5.91 Å². The predicted molar refractivity (Wildman–Crippen MR) is 66.3 cm³/mol. The Morgan fingerprint density at radius 3 is 2.56 bits per heavy atom. The fourth-order valence-electron chi connectivity index (χ4n) is 2.13. The molecule has 1 heterocycles. The highest BCUT2D eigenvalue weighted by molar-refractivity contribution is 5.88. The van der Waals surface area contributed by atoms with E-state index in [9.17, 15) is 9.70 Å². The first-order valence-electron chi connectivity index (χ1n) is 5.97. The van der Waals surface area contributed by atoms with Crippen molar-refractivity contribution in [1.82, 2.24) is 5.01 Å². The minimum Gasteiger partial charge on any atom is -0.361 e. The second-order valence-electron chi connectivity index (χ2n) is 4.72. The van der Waals surface area contributed by atoms with Gasteiger partial charge < -0.3 is 4.74 Å². The van der Waals surface area contributed by atoms with Gasteiger partial charge in [-0.2, -0.15) is 5.01 Å². The molecule has 0 N–H and O–H groups in total. The lowest BCUT2D eigenvalue weighted by Crippen LogP contribution is -2.65. The summed E-state index contributed by atoms with van der Waals surface area (Å²) in [6.45, 7) is 4.25. The number of carbonyl (C=O) groups excluding carboxylic acids is 1. The summed E-state index contributed by atoms with van der Waals surface area (Å²) in [6.07, 6.45) is -0.553. The van der Waals surface area contributed by atoms with Crippen molar-refractivity contribution in [3.8, 4) is 0 Å². The molecule has 0 bridgehead atoms. The van der Waals surface area contributed by atoms with Crippen LogP contribution in [0.2, 0.25) is 0 Å². The lowest BCUT2D eigenvalue weighted by atomic mass is 9.90. The summed E-state index contributed by atoms with van der Waals surface area (Å²) < 4.78 is 5.59. The molecule has 1 aliphatic rings. The van der Waals surface area contributed by atoms with Gasteiger partial charge in [0, 0.05) is 0 Å². The van der Waals surface area contributed by atoms with E-state index in [1.165, 1.54) is 0 Å². The van der Waals surface area contributed by atoms with Gasteiger partial charge in [0.15, 0.2) is 6.10 Å². The first kappa shape index (κ1) is 12.7. The number of rotatable bonds is 5. The molecular weight excluding hydrogens is 232 g/mol. The van der Waals surface area contributed by atoms with Gasteiger partial charge in [-0.25, -0.2) is 0 Å². The van der Waals surface area contributed by atoms with Gasteiger partial charge in [0.1, 0.15) is 0 Å². The van der Waals surface area contributed by atoms with Crippen molar-refractivity contribution in [2.75, 3.05) is 0 Å². The van der Waals surface area contributed by atoms with Crippen LogP contribution in [0.1, 0.15) is 19.4 Å². The zero-order valence-corrected chi connectivity index (χ0v) is 10.4. The summed E-state index contributed by atoms with van der Waals surface area (Å²) in [5.41, 5.74) is 1.00. The van der Waals surface area contributed by atoms with Crippen LogP contribution in [-0.2, 0) is 16.1 Å². The maximum absolute atomic E-state index is 11.6. The molecule has 1 fully saturated rings. The van der Waals surface area contributed by atoms with Gasteiger partial charge in [0.25, 0.3) is 5.91 Å². The van der Waals surface area contributed by atoms with E-state index < -0.39 is 6.10 Å². The van der Waals surface area contributed by atoms with Crippen LogP contribution in [0.15, 0.2) is 35.6 Å². The van der Waals surface area contributed by atoms with E-state index in [1.807, 2.05) is 44.2 Å². The van der Waals surface area contributed by atoms with Crippen molar-refractivity contribution in [2.24, 2.45) is 11.2 Å². The molecule has 2 atom stereocenters. The average molecular weight is 248 g/mol. The van der Waals surface area contributed by atoms with Crippen LogP contribution in [0.4, 0.5) is 0 Å². The molecule has 0 saturated carbocycles. The highest BCUT2D eigenvalue weighted by atomic mass is 16.5. The molecule has 0 aliphatic carbocycles. The molecule has 1 saturated heterocycles. The number of ether oxygens (including phenoxy) is 1. The van der Waals surface area contributed by atoms with Gasteiger partial charge in [-0.05, 0) is 11.5 Å². The Bertz CT molecular complexity index is 433. The van der Waals surface area contributed by atoms with E-state index in [0.29, 0.717) is 6.61 Å². The first-order valence-corrected chi connectivity index (χ1v) is 5.97. The number of carbonyl (C=O) groups is 1. The molecule has 1 aromatic carbocycles. The summed E-state index contributed by atoms with van der Waals surface area (Å²) in [7, 11) is 0. The minimum absolute atomic E-state index is 0.140. The summed E-state index contributed by atoms with van der Waals surface area (Å²) in [4.78, 5) is 22.2. The van der Waals surface area contributed by atoms with Gasteiger partial charge in [-0.3, -0.25) is 4.79 Å². The van der Waals surface area contributed by atoms with Gasteiger partial charge in [0.2, 0.25) is 0 Å². The van der Waals surface area contributed by atoms with Crippen LogP contribution in [0.25, 0.3) is 0 Å². The molecule has 2 rings (SSSR count). The predicted octanol–water partition coefficient (Wildman–Crippen LogP) is 2.12. The Kier molecular flexibility index (Phi) is 3.72. The normalized spacial score (nSPS) is 23.1. The van der Waals surface area contributed by atoms with E-state index in [1.54, 1.807) is 0 Å². The smallest absolute Gasteiger partial charge is 0.276 e. The average Bonchev–Trinajstić information content (AvgIpc) is 2.37. The maximum Gasteiger partial charge on any atom is 0.276 e. The fraction of sp³-hybridized carbons (Fsp3) is 0.462. The van der Waals surface area contributed by atoms with Gasteiger partial charge in [-0.15, -0.1) is 4.91 Å². The SMILES string of the molecule is CC(C)C1C(OCc2ccccc2)C(=O)N1N=O. The number of nitrogens with zero attached hydrogens (tertiary/aromatic N) is 2. The third kappa shape index (κ3) is 2.26. The van der Waals surface area contributed by atoms with Crippen molar-refractivity contribution in [3.05, 3.63) is 40.8 Å². The van der Waals surface area contributed by atoms with Crippen LogP contribution in [0, 0.1) is 10.8 Å². The maximum atomic E-state index is 11.6. The Morgan fingerprint density at radius 1 is 1.33 bits per heavy atom. The lowest BCUT2D eigenvalue weighted by molar-refractivity contribution is -0.180. The summed E-state index contributed by atoms with van der Waals surface area (Å²) in [5, 5.41) is 3.71. The second-order valence-corrected chi connectivity index (χ2v) is 4.72. The lowest BCUT2D eigenvalue weighted by Gasteiger charge is -2.43. The highest BCUT2D eigenvalue weighted by Gasteiger charge is 2.51. The Hall–Kier alpha value is -1.75. The Morgan fingerprint density at radius 2 is 2.00 bits per heavy atom. The van der Waals surface area contributed by atoms with Crippen molar-refractivity contribution in [2.45, 2.75) is 32.6 Å². The summed E-state index contributed by atoms with van der Waals surface area (Å²) >= 11 is 0. The van der Waals surface area contributed by atoms with Crippen LogP contribution in [0.3, 0.4) is 0 Å². The molecule has 2 unspecified atom stereocenters. The number of hydrogen-bond donors (Lipinski definition) is 0. The summed E-state index contributed by atoms with van der Waals surface area (Å²) in [5.74, 6) is -0.208. The number of amides is 1. The van der Waals surface area contributed by atoms with Gasteiger partial charge >= 0.3 is 0 Å². The van der Waals surface area contributed by atoms with E-state index in [-0.39, 0.29) is 17.9 Å². The van der Waals surface area contributed by atoms with E-state index in [0.717, 1.165) is 10.6 Å². The second kappa shape index (κ2) is 5.27. The van der Waals surface area contributed by atoms with Crippen LogP contribution in [-0.4, -0.2) is 23.1 Å². The van der Waals surface area contributed by atoms with Crippen LogP contribution >= 0.6 is 0 Å². The third-order valence-electron chi connectivity index (χ3n) is 3.11. The van der Waals surface area contributed by atoms with Crippen molar-refractivity contribution in [3.63, 3.8) is 0 Å². The van der Waals surface area contributed by atoms with E-state index >= 15 is 0 Å². The third-order valence-corrected chi connectivity index (χ3v) is 3.11. The molecule has 18 heavy (non-hydrogen) atoms. The fourth-order valence-corrected chi connectivity index (χ4v) is 2.13. The molecule has 5 nitrogen and oxygen atoms in total. The van der Waals surface area contributed by atoms with Gasteiger partial charge in [-0.1, -0.05) is 44.2 Å². The van der Waals surface area contributed by atoms with Crippen LogP contribution in [0.5, 0.6) is 0 Å². The molecule has 0 aromatic heterocycles. The monoisotopic (exact) mass is 248 g/mol. The van der Waals surface area contributed by atoms with E-state index in [4.69, 9.17) is 4.74 Å². The zero-order valence-electron chi connectivity index (χ0n) is 10.4. The molecule has 1 aromatic rings. The van der Waals surface area contributed by atoms with Crippen molar-refractivity contribution < 1.29 is 9.53 Å². The number of hydrogen-bond acceptors (Lipinski definition) is 4. The van der Waals surface area contributed by atoms with Gasteiger partial charge in [0.05, 0.1) is 17.9 Å². The highest BCUT2D eigenvalue weighted by Crippen LogP contribution is 2.29. The minimum atomic E-state index is -0.553. The molecule has 0 spiro atoms. The van der Waals surface area contributed by atoms with E-state index in [2.05, 4.69) is 5.29 Å². The number of β-lactam (4-membered cyclic amide) rings is 1. The first-order chi connectivity index (χ1) is 8.65. The number of nitroso groups, excluding NO2 is 1. The molecule has 0 radical (unpaired) electrons. The summed E-state index contributed by atoms with van der Waals surface area (Å²) in [6, 6.07) is 9.37. The topological polar surface area (TPSA) is 59.0 Å². The quantitative estimate of drug-likeness (QED) is 0.592. The molecular formula is C13H16N2O3. The molecule has 96 valence electrons. The van der Waals surface area contributed by atoms with Crippen LogP contribution < -0.4 is 0 Å². The van der Waals surface area contributed by atoms with Crippen molar-refractivity contribution in [1.29, 1.82) is 0 Å². The molecule has 5 heteroatoms.